The summed E-state index contributed by atoms with van der Waals surface area (Å²) < 4.78 is 1.76. The minimum atomic E-state index is -0.347. The van der Waals surface area contributed by atoms with Crippen LogP contribution in [0, 0.1) is 0 Å². The summed E-state index contributed by atoms with van der Waals surface area (Å²) in [5.74, 6) is -0.210. The van der Waals surface area contributed by atoms with Gasteiger partial charge in [-0.3, -0.25) is 9.59 Å². The summed E-state index contributed by atoms with van der Waals surface area (Å²) in [4.78, 5) is 30.9. The average molecular weight is 580 g/mol. The Morgan fingerprint density at radius 3 is 2.02 bits per heavy atom. The lowest BCUT2D eigenvalue weighted by atomic mass is 9.87. The molecule has 41 heavy (non-hydrogen) atoms. The van der Waals surface area contributed by atoms with Crippen LogP contribution in [0.5, 0.6) is 0 Å². The zero-order valence-corrected chi connectivity index (χ0v) is 25.2. The Kier molecular flexibility index (Phi) is 8.57. The van der Waals surface area contributed by atoms with Gasteiger partial charge in [0.25, 0.3) is 5.91 Å². The molecule has 0 radical (unpaired) electrons. The molecule has 5 aromatic rings. The fourth-order valence-corrected chi connectivity index (χ4v) is 6.73. The smallest absolute Gasteiger partial charge is 0.255 e. The van der Waals surface area contributed by atoms with E-state index in [1.165, 1.54) is 28.7 Å². The molecule has 7 heteroatoms. The van der Waals surface area contributed by atoms with Gasteiger partial charge in [-0.2, -0.15) is 0 Å². The van der Waals surface area contributed by atoms with E-state index in [0.29, 0.717) is 11.3 Å². The zero-order valence-electron chi connectivity index (χ0n) is 23.5. The monoisotopic (exact) mass is 579 g/mol. The first-order chi connectivity index (χ1) is 19.7. The molecule has 2 amide bonds. The van der Waals surface area contributed by atoms with E-state index in [0.717, 1.165) is 25.7 Å². The van der Waals surface area contributed by atoms with Crippen molar-refractivity contribution in [3.05, 3.63) is 125 Å². The van der Waals surface area contributed by atoms with Gasteiger partial charge >= 0.3 is 0 Å². The number of thiazole rings is 1. The Balaban J connectivity index is 1.25. The number of anilines is 1. The second kappa shape index (κ2) is 12.3. The van der Waals surface area contributed by atoms with Gasteiger partial charge in [0.05, 0.1) is 21.5 Å². The number of nitrogens with one attached hydrogen (secondary N) is 2. The predicted octanol–water partition coefficient (Wildman–Crippen LogP) is 8.23. The van der Waals surface area contributed by atoms with Gasteiger partial charge in [0.15, 0.2) is 4.34 Å². The van der Waals surface area contributed by atoms with Gasteiger partial charge in [0, 0.05) is 11.3 Å². The molecule has 0 bridgehead atoms. The molecular weight excluding hydrogens is 547 g/mol. The van der Waals surface area contributed by atoms with Crippen LogP contribution in [-0.4, -0.2) is 22.0 Å². The minimum Gasteiger partial charge on any atom is -0.344 e. The number of benzene rings is 4. The standard InChI is InChI=1S/C34H33N3O2S2/c1-22(31(38)37-30(23-11-7-5-8-12-23)24-13-9-6-10-14-24)40-33-36-28-20-19-27(21-29(28)41-33)35-32(39)25-15-17-26(18-16-25)34(2,3)4/h5-22,30H,1-4H3,(H,35,39)(H,37,38). The van der Waals surface area contributed by atoms with Crippen molar-refractivity contribution in [2.45, 2.75) is 48.7 Å². The van der Waals surface area contributed by atoms with Crippen molar-refractivity contribution < 1.29 is 9.59 Å². The number of amides is 2. The van der Waals surface area contributed by atoms with Crippen LogP contribution in [0.4, 0.5) is 5.69 Å². The second-order valence-corrected chi connectivity index (χ2v) is 13.6. The number of fused-ring (bicyclic) bond motifs is 1. The third-order valence-electron chi connectivity index (χ3n) is 6.84. The first-order valence-corrected chi connectivity index (χ1v) is 15.3. The Morgan fingerprint density at radius 2 is 1.44 bits per heavy atom. The molecule has 0 aliphatic heterocycles. The van der Waals surface area contributed by atoms with Gasteiger partial charge in [0.1, 0.15) is 0 Å². The van der Waals surface area contributed by atoms with Gasteiger partial charge in [-0.25, -0.2) is 4.98 Å². The summed E-state index contributed by atoms with van der Waals surface area (Å²) in [5, 5.41) is 5.88. The van der Waals surface area contributed by atoms with Gasteiger partial charge < -0.3 is 10.6 Å². The van der Waals surface area contributed by atoms with E-state index < -0.39 is 0 Å². The molecule has 2 N–H and O–H groups in total. The van der Waals surface area contributed by atoms with Crippen molar-refractivity contribution >= 4 is 50.8 Å². The highest BCUT2D eigenvalue weighted by molar-refractivity contribution is 8.02. The summed E-state index contributed by atoms with van der Waals surface area (Å²) in [5.41, 5.74) is 5.44. The lowest BCUT2D eigenvalue weighted by Gasteiger charge is -2.21. The van der Waals surface area contributed by atoms with Gasteiger partial charge in [-0.1, -0.05) is 105 Å². The molecule has 1 atom stereocenters. The summed E-state index contributed by atoms with van der Waals surface area (Å²) >= 11 is 2.95. The summed E-state index contributed by atoms with van der Waals surface area (Å²) in [6.07, 6.45) is 0. The Hall–Kier alpha value is -3.94. The maximum absolute atomic E-state index is 13.3. The first kappa shape index (κ1) is 28.6. The average Bonchev–Trinajstić information content (AvgIpc) is 3.37. The normalized spacial score (nSPS) is 12.3. The second-order valence-electron chi connectivity index (χ2n) is 11.0. The van der Waals surface area contributed by atoms with Crippen LogP contribution >= 0.6 is 23.1 Å². The van der Waals surface area contributed by atoms with E-state index in [1.807, 2.05) is 110 Å². The van der Waals surface area contributed by atoms with Crippen molar-refractivity contribution in [2.24, 2.45) is 0 Å². The molecule has 5 rings (SSSR count). The molecule has 1 unspecified atom stereocenters. The molecule has 208 valence electrons. The number of aromatic nitrogens is 1. The number of rotatable bonds is 8. The molecular formula is C34H33N3O2S2. The quantitative estimate of drug-likeness (QED) is 0.182. The molecule has 0 aliphatic rings. The number of nitrogens with zero attached hydrogens (tertiary/aromatic N) is 1. The van der Waals surface area contributed by atoms with E-state index in [2.05, 4.69) is 31.4 Å². The van der Waals surface area contributed by atoms with Gasteiger partial charge in [-0.05, 0) is 59.4 Å². The van der Waals surface area contributed by atoms with Gasteiger partial charge in [-0.15, -0.1) is 11.3 Å². The van der Waals surface area contributed by atoms with Crippen molar-refractivity contribution in [3.63, 3.8) is 0 Å². The van der Waals surface area contributed by atoms with E-state index in [4.69, 9.17) is 4.98 Å². The van der Waals surface area contributed by atoms with Crippen molar-refractivity contribution in [3.8, 4) is 0 Å². The van der Waals surface area contributed by atoms with E-state index in [9.17, 15) is 9.59 Å². The maximum atomic E-state index is 13.3. The third-order valence-corrected chi connectivity index (χ3v) is 9.05. The SMILES string of the molecule is CC(Sc1nc2ccc(NC(=O)c3ccc(C(C)(C)C)cc3)cc2s1)C(=O)NC(c1ccccc1)c1ccccc1. The Labute approximate surface area is 249 Å². The van der Waals surface area contributed by atoms with Crippen LogP contribution in [0.1, 0.15) is 60.8 Å². The summed E-state index contributed by atoms with van der Waals surface area (Å²) in [6.45, 7) is 8.35. The van der Waals surface area contributed by atoms with Crippen LogP contribution in [0.2, 0.25) is 0 Å². The molecule has 0 saturated carbocycles. The molecule has 1 aromatic heterocycles. The highest BCUT2D eigenvalue weighted by atomic mass is 32.2. The number of thioether (sulfide) groups is 1. The van der Waals surface area contributed by atoms with Crippen LogP contribution in [0.3, 0.4) is 0 Å². The molecule has 0 fully saturated rings. The van der Waals surface area contributed by atoms with Gasteiger partial charge in [0.2, 0.25) is 5.91 Å². The molecule has 0 aliphatic carbocycles. The number of hydrogen-bond acceptors (Lipinski definition) is 5. The predicted molar refractivity (Wildman–Crippen MR) is 171 cm³/mol. The van der Waals surface area contributed by atoms with Crippen LogP contribution < -0.4 is 10.6 Å². The lowest BCUT2D eigenvalue weighted by molar-refractivity contribution is -0.120. The summed E-state index contributed by atoms with van der Waals surface area (Å²) in [7, 11) is 0. The number of hydrogen-bond donors (Lipinski definition) is 2. The van der Waals surface area contributed by atoms with E-state index in [1.54, 1.807) is 0 Å². The molecule has 4 aromatic carbocycles. The van der Waals surface area contributed by atoms with Crippen molar-refractivity contribution in [2.75, 3.05) is 5.32 Å². The molecule has 0 spiro atoms. The Bertz CT molecular complexity index is 1600. The number of carbonyl (C=O) groups excluding carboxylic acids is 2. The fourth-order valence-electron chi connectivity index (χ4n) is 4.47. The maximum Gasteiger partial charge on any atom is 0.255 e. The highest BCUT2D eigenvalue weighted by Gasteiger charge is 2.22. The number of carbonyl (C=O) groups is 2. The van der Waals surface area contributed by atoms with Crippen LogP contribution in [0.15, 0.2) is 107 Å². The first-order valence-electron chi connectivity index (χ1n) is 13.6. The minimum absolute atomic E-state index is 0.0333. The topological polar surface area (TPSA) is 71.1 Å². The lowest BCUT2D eigenvalue weighted by Crippen LogP contribution is -2.34. The molecule has 5 nitrogen and oxygen atoms in total. The van der Waals surface area contributed by atoms with Crippen LogP contribution in [-0.2, 0) is 10.2 Å². The fraction of sp³-hybridized carbons (Fsp3) is 0.206. The molecule has 1 heterocycles. The zero-order chi connectivity index (χ0) is 29.0. The van der Waals surface area contributed by atoms with E-state index >= 15 is 0 Å². The van der Waals surface area contributed by atoms with Crippen molar-refractivity contribution in [1.29, 1.82) is 0 Å². The van der Waals surface area contributed by atoms with Crippen LogP contribution in [0.25, 0.3) is 10.2 Å². The van der Waals surface area contributed by atoms with E-state index in [-0.39, 0.29) is 28.5 Å². The van der Waals surface area contributed by atoms with Crippen molar-refractivity contribution in [1.82, 2.24) is 10.3 Å². The largest absolute Gasteiger partial charge is 0.344 e. The summed E-state index contributed by atoms with van der Waals surface area (Å²) in [6, 6.07) is 33.2. The third kappa shape index (κ3) is 7.04. The molecule has 0 saturated heterocycles. The highest BCUT2D eigenvalue weighted by Crippen LogP contribution is 2.34. The Morgan fingerprint density at radius 1 is 0.829 bits per heavy atom.